The van der Waals surface area contributed by atoms with Crippen molar-refractivity contribution in [1.29, 1.82) is 0 Å². The van der Waals surface area contributed by atoms with Crippen LogP contribution in [0.15, 0.2) is 47.5 Å². The second-order valence-corrected chi connectivity index (χ2v) is 7.55. The number of hydrogen-bond donors (Lipinski definition) is 0. The molecule has 0 unspecified atom stereocenters. The van der Waals surface area contributed by atoms with E-state index >= 15 is 0 Å². The summed E-state index contributed by atoms with van der Waals surface area (Å²) in [4.78, 5) is 21.4. The van der Waals surface area contributed by atoms with Crippen LogP contribution in [0.2, 0.25) is 0 Å². The van der Waals surface area contributed by atoms with Crippen molar-refractivity contribution < 1.29 is 9.21 Å². The summed E-state index contributed by atoms with van der Waals surface area (Å²) in [6.07, 6.45) is 11.1. The molecule has 2 fully saturated rings. The molecule has 1 spiro atoms. The highest BCUT2D eigenvalue weighted by atomic mass is 16.3. The number of furan rings is 1. The first-order chi connectivity index (χ1) is 12.2. The first kappa shape index (κ1) is 16.3. The number of nitrogens with zero attached hydrogens (tertiary/aromatic N) is 3. The lowest BCUT2D eigenvalue weighted by molar-refractivity contribution is -0.133. The highest BCUT2D eigenvalue weighted by Gasteiger charge is 2.42. The van der Waals surface area contributed by atoms with E-state index in [2.05, 4.69) is 14.8 Å². The van der Waals surface area contributed by atoms with Gasteiger partial charge in [0.2, 0.25) is 5.91 Å². The van der Waals surface area contributed by atoms with E-state index in [1.807, 2.05) is 24.5 Å². The molecule has 4 rings (SSSR count). The first-order valence-corrected chi connectivity index (χ1v) is 9.13. The van der Waals surface area contributed by atoms with Crippen molar-refractivity contribution in [2.45, 2.75) is 32.2 Å². The van der Waals surface area contributed by atoms with E-state index in [0.717, 1.165) is 44.7 Å². The standard InChI is InChI=1S/C20H25N3O2/c24-19(11-17-3-1-7-21-12-17)23-8-2-5-20(16-23)6-9-22(15-20)13-18-4-10-25-14-18/h1,3-4,7,10,12,14H,2,5-6,8-9,11,13,15-16H2/t20-/m1/s1. The van der Waals surface area contributed by atoms with Gasteiger partial charge in [0, 0.05) is 49.6 Å². The summed E-state index contributed by atoms with van der Waals surface area (Å²) in [6.45, 7) is 4.92. The molecule has 132 valence electrons. The highest BCUT2D eigenvalue weighted by Crippen LogP contribution is 2.39. The number of piperidine rings is 1. The van der Waals surface area contributed by atoms with E-state index in [0.29, 0.717) is 6.42 Å². The Labute approximate surface area is 148 Å². The maximum Gasteiger partial charge on any atom is 0.227 e. The summed E-state index contributed by atoms with van der Waals surface area (Å²) < 4.78 is 5.18. The maximum atomic E-state index is 12.7. The number of pyridine rings is 1. The number of amides is 1. The van der Waals surface area contributed by atoms with Crippen molar-refractivity contribution in [1.82, 2.24) is 14.8 Å². The van der Waals surface area contributed by atoms with Gasteiger partial charge in [0.15, 0.2) is 0 Å². The third-order valence-electron chi connectivity index (χ3n) is 5.60. The summed E-state index contributed by atoms with van der Waals surface area (Å²) in [5.41, 5.74) is 2.50. The Morgan fingerprint density at radius 3 is 2.96 bits per heavy atom. The van der Waals surface area contributed by atoms with Crippen LogP contribution in [0.4, 0.5) is 0 Å². The molecule has 5 heteroatoms. The second-order valence-electron chi connectivity index (χ2n) is 7.55. The molecule has 2 aromatic heterocycles. The molecule has 5 nitrogen and oxygen atoms in total. The molecular formula is C20H25N3O2. The number of aromatic nitrogens is 1. The summed E-state index contributed by atoms with van der Waals surface area (Å²) in [5.74, 6) is 0.236. The molecule has 2 aromatic rings. The van der Waals surface area contributed by atoms with Gasteiger partial charge in [-0.15, -0.1) is 0 Å². The monoisotopic (exact) mass is 339 g/mol. The molecule has 2 aliphatic heterocycles. The molecule has 0 saturated carbocycles. The van der Waals surface area contributed by atoms with E-state index in [9.17, 15) is 4.79 Å². The maximum absolute atomic E-state index is 12.7. The summed E-state index contributed by atoms with van der Waals surface area (Å²) >= 11 is 0. The number of carbonyl (C=O) groups is 1. The molecule has 2 aliphatic rings. The van der Waals surface area contributed by atoms with E-state index in [1.165, 1.54) is 18.4 Å². The van der Waals surface area contributed by atoms with Gasteiger partial charge in [0.25, 0.3) is 0 Å². The molecule has 25 heavy (non-hydrogen) atoms. The van der Waals surface area contributed by atoms with Gasteiger partial charge in [0.05, 0.1) is 18.9 Å². The zero-order chi connectivity index (χ0) is 17.1. The lowest BCUT2D eigenvalue weighted by Gasteiger charge is -2.40. The Morgan fingerprint density at radius 2 is 2.16 bits per heavy atom. The van der Waals surface area contributed by atoms with E-state index < -0.39 is 0 Å². The number of hydrogen-bond acceptors (Lipinski definition) is 4. The molecular weight excluding hydrogens is 314 g/mol. The number of rotatable bonds is 4. The lowest BCUT2D eigenvalue weighted by atomic mass is 9.79. The Morgan fingerprint density at radius 1 is 1.20 bits per heavy atom. The van der Waals surface area contributed by atoms with Gasteiger partial charge in [-0.05, 0) is 43.5 Å². The average Bonchev–Trinajstić information content (AvgIpc) is 3.27. The van der Waals surface area contributed by atoms with Crippen molar-refractivity contribution in [2.24, 2.45) is 5.41 Å². The number of likely N-dealkylation sites (tertiary alicyclic amines) is 2. The van der Waals surface area contributed by atoms with Crippen molar-refractivity contribution in [3.05, 3.63) is 54.2 Å². The second kappa shape index (κ2) is 7.00. The van der Waals surface area contributed by atoms with Crippen LogP contribution < -0.4 is 0 Å². The van der Waals surface area contributed by atoms with Gasteiger partial charge in [-0.3, -0.25) is 14.7 Å². The van der Waals surface area contributed by atoms with Crippen LogP contribution in [-0.4, -0.2) is 46.9 Å². The Hall–Kier alpha value is -2.14. The quantitative estimate of drug-likeness (QED) is 0.859. The van der Waals surface area contributed by atoms with Crippen LogP contribution in [0.3, 0.4) is 0 Å². The Balaban J connectivity index is 1.36. The molecule has 0 bridgehead atoms. The van der Waals surface area contributed by atoms with Crippen molar-refractivity contribution in [3.63, 3.8) is 0 Å². The topological polar surface area (TPSA) is 49.6 Å². The zero-order valence-corrected chi connectivity index (χ0v) is 14.6. The van der Waals surface area contributed by atoms with Crippen LogP contribution in [0, 0.1) is 5.41 Å². The fourth-order valence-electron chi connectivity index (χ4n) is 4.35. The third-order valence-corrected chi connectivity index (χ3v) is 5.60. The van der Waals surface area contributed by atoms with Gasteiger partial charge < -0.3 is 9.32 Å². The fourth-order valence-corrected chi connectivity index (χ4v) is 4.35. The third kappa shape index (κ3) is 3.76. The van der Waals surface area contributed by atoms with Gasteiger partial charge >= 0.3 is 0 Å². The van der Waals surface area contributed by atoms with Crippen molar-refractivity contribution >= 4 is 5.91 Å². The van der Waals surface area contributed by atoms with Crippen LogP contribution in [0.1, 0.15) is 30.4 Å². The summed E-state index contributed by atoms with van der Waals surface area (Å²) in [5, 5.41) is 0. The summed E-state index contributed by atoms with van der Waals surface area (Å²) in [7, 11) is 0. The summed E-state index contributed by atoms with van der Waals surface area (Å²) in [6, 6.07) is 5.91. The van der Waals surface area contributed by atoms with E-state index in [4.69, 9.17) is 4.42 Å². The van der Waals surface area contributed by atoms with Gasteiger partial charge in [0.1, 0.15) is 0 Å². The predicted molar refractivity (Wildman–Crippen MR) is 94.8 cm³/mol. The minimum Gasteiger partial charge on any atom is -0.472 e. The highest BCUT2D eigenvalue weighted by molar-refractivity contribution is 5.78. The minimum atomic E-state index is 0.236. The molecule has 1 amide bonds. The normalized spacial score (nSPS) is 24.1. The molecule has 0 aromatic carbocycles. The van der Waals surface area contributed by atoms with Crippen LogP contribution in [0.25, 0.3) is 0 Å². The average molecular weight is 339 g/mol. The fraction of sp³-hybridized carbons (Fsp3) is 0.500. The van der Waals surface area contributed by atoms with Gasteiger partial charge in [-0.2, -0.15) is 0 Å². The Bertz CT molecular complexity index is 701. The predicted octanol–water partition coefficient (Wildman–Crippen LogP) is 2.73. The van der Waals surface area contributed by atoms with Crippen LogP contribution >= 0.6 is 0 Å². The van der Waals surface area contributed by atoms with E-state index in [-0.39, 0.29) is 11.3 Å². The molecule has 1 atom stereocenters. The molecule has 0 aliphatic carbocycles. The molecule has 2 saturated heterocycles. The SMILES string of the molecule is O=C(Cc1cccnc1)N1CCC[C@]2(CCN(Cc3ccoc3)C2)C1. The smallest absolute Gasteiger partial charge is 0.227 e. The van der Waals surface area contributed by atoms with Crippen molar-refractivity contribution in [2.75, 3.05) is 26.2 Å². The van der Waals surface area contributed by atoms with Crippen molar-refractivity contribution in [3.8, 4) is 0 Å². The van der Waals surface area contributed by atoms with Crippen LogP contribution in [0.5, 0.6) is 0 Å². The van der Waals surface area contributed by atoms with Gasteiger partial charge in [-0.25, -0.2) is 0 Å². The first-order valence-electron chi connectivity index (χ1n) is 9.13. The largest absolute Gasteiger partial charge is 0.472 e. The molecule has 0 radical (unpaired) electrons. The van der Waals surface area contributed by atoms with E-state index in [1.54, 1.807) is 18.7 Å². The minimum absolute atomic E-state index is 0.236. The van der Waals surface area contributed by atoms with Crippen LogP contribution in [-0.2, 0) is 17.8 Å². The Kier molecular flexibility index (Phi) is 4.57. The number of carbonyl (C=O) groups excluding carboxylic acids is 1. The lowest BCUT2D eigenvalue weighted by Crippen LogP contribution is -2.47. The molecule has 4 heterocycles. The zero-order valence-electron chi connectivity index (χ0n) is 14.6. The molecule has 0 N–H and O–H groups in total. The van der Waals surface area contributed by atoms with Gasteiger partial charge in [-0.1, -0.05) is 6.07 Å².